The second kappa shape index (κ2) is 8.80. The Hall–Kier alpha value is -0.290. The second-order valence-electron chi connectivity index (χ2n) is 5.69. The van der Waals surface area contributed by atoms with Gasteiger partial charge >= 0.3 is 6.18 Å². The Balaban J connectivity index is 1.84. The Bertz CT molecular complexity index is 225. The van der Waals surface area contributed by atoms with E-state index < -0.39 is 12.8 Å². The maximum Gasteiger partial charge on any atom is 0.411 e. The molecular formula is C14H26F3NO. The van der Waals surface area contributed by atoms with E-state index in [0.717, 1.165) is 24.9 Å². The summed E-state index contributed by atoms with van der Waals surface area (Å²) in [6.07, 6.45) is 2.97. The maximum absolute atomic E-state index is 11.8. The fourth-order valence-electron chi connectivity index (χ4n) is 2.54. The van der Waals surface area contributed by atoms with Crippen LogP contribution in [0.15, 0.2) is 0 Å². The Kier molecular flexibility index (Phi) is 7.76. The fourth-order valence-corrected chi connectivity index (χ4v) is 2.54. The number of halogens is 3. The van der Waals surface area contributed by atoms with Crippen LogP contribution < -0.4 is 5.32 Å². The summed E-state index contributed by atoms with van der Waals surface area (Å²) in [5.41, 5.74) is 0. The van der Waals surface area contributed by atoms with Crippen LogP contribution in [0.1, 0.15) is 45.4 Å². The van der Waals surface area contributed by atoms with E-state index in [0.29, 0.717) is 6.42 Å². The summed E-state index contributed by atoms with van der Waals surface area (Å²) in [5.74, 6) is 1.72. The molecule has 0 saturated heterocycles. The largest absolute Gasteiger partial charge is 0.411 e. The summed E-state index contributed by atoms with van der Waals surface area (Å²) >= 11 is 0. The third-order valence-electron chi connectivity index (χ3n) is 3.77. The Morgan fingerprint density at radius 1 is 1.11 bits per heavy atom. The molecule has 0 atom stereocenters. The molecule has 0 bridgehead atoms. The molecule has 5 heteroatoms. The van der Waals surface area contributed by atoms with Gasteiger partial charge in [0.25, 0.3) is 0 Å². The van der Waals surface area contributed by atoms with Gasteiger partial charge in [-0.05, 0) is 37.8 Å². The topological polar surface area (TPSA) is 21.3 Å². The highest BCUT2D eigenvalue weighted by molar-refractivity contribution is 4.70. The van der Waals surface area contributed by atoms with Crippen molar-refractivity contribution in [3.05, 3.63) is 0 Å². The predicted molar refractivity (Wildman–Crippen MR) is 70.1 cm³/mol. The van der Waals surface area contributed by atoms with Gasteiger partial charge in [0, 0.05) is 6.61 Å². The van der Waals surface area contributed by atoms with Gasteiger partial charge in [-0.25, -0.2) is 0 Å². The smallest absolute Gasteiger partial charge is 0.372 e. The van der Waals surface area contributed by atoms with Crippen LogP contribution in [0.4, 0.5) is 13.2 Å². The molecule has 1 aliphatic carbocycles. The molecule has 0 aromatic heterocycles. The van der Waals surface area contributed by atoms with Crippen molar-refractivity contribution in [3.8, 4) is 0 Å². The molecule has 1 aliphatic rings. The van der Waals surface area contributed by atoms with Crippen LogP contribution in [0.3, 0.4) is 0 Å². The first-order valence-corrected chi connectivity index (χ1v) is 7.32. The Morgan fingerprint density at radius 2 is 1.79 bits per heavy atom. The molecule has 0 aliphatic heterocycles. The van der Waals surface area contributed by atoms with Gasteiger partial charge in [-0.15, -0.1) is 0 Å². The van der Waals surface area contributed by atoms with Crippen molar-refractivity contribution >= 4 is 0 Å². The van der Waals surface area contributed by atoms with Crippen LogP contribution >= 0.6 is 0 Å². The number of ether oxygens (including phenoxy) is 1. The lowest BCUT2D eigenvalue weighted by Gasteiger charge is -2.26. The first-order valence-electron chi connectivity index (χ1n) is 7.32. The molecule has 0 spiro atoms. The number of alkyl halides is 3. The van der Waals surface area contributed by atoms with Crippen LogP contribution in [-0.4, -0.2) is 32.5 Å². The third kappa shape index (κ3) is 9.27. The zero-order valence-corrected chi connectivity index (χ0v) is 11.8. The molecule has 1 saturated carbocycles. The van der Waals surface area contributed by atoms with E-state index in [9.17, 15) is 13.2 Å². The summed E-state index contributed by atoms with van der Waals surface area (Å²) in [5, 5.41) is 3.28. The lowest BCUT2D eigenvalue weighted by atomic mass is 9.81. The van der Waals surface area contributed by atoms with Gasteiger partial charge in [0.15, 0.2) is 0 Å². The maximum atomic E-state index is 11.8. The van der Waals surface area contributed by atoms with Crippen molar-refractivity contribution in [2.45, 2.75) is 51.6 Å². The van der Waals surface area contributed by atoms with E-state index in [2.05, 4.69) is 17.0 Å². The molecular weight excluding hydrogens is 255 g/mol. The highest BCUT2D eigenvalue weighted by atomic mass is 19.4. The van der Waals surface area contributed by atoms with Crippen molar-refractivity contribution < 1.29 is 17.9 Å². The molecule has 1 fully saturated rings. The van der Waals surface area contributed by atoms with Gasteiger partial charge in [0.2, 0.25) is 0 Å². The van der Waals surface area contributed by atoms with Crippen molar-refractivity contribution in [2.24, 2.45) is 11.8 Å². The van der Waals surface area contributed by atoms with Gasteiger partial charge in [-0.2, -0.15) is 13.2 Å². The summed E-state index contributed by atoms with van der Waals surface area (Å²) in [7, 11) is 0. The summed E-state index contributed by atoms with van der Waals surface area (Å²) in [6, 6.07) is 0. The molecule has 1 rings (SSSR count). The zero-order chi connectivity index (χ0) is 14.1. The van der Waals surface area contributed by atoms with Gasteiger partial charge in [0.1, 0.15) is 6.61 Å². The minimum Gasteiger partial charge on any atom is -0.372 e. The van der Waals surface area contributed by atoms with Crippen LogP contribution in [0.2, 0.25) is 0 Å². The average Bonchev–Trinajstić information content (AvgIpc) is 2.33. The van der Waals surface area contributed by atoms with Crippen molar-refractivity contribution in [1.29, 1.82) is 0 Å². The molecule has 0 aromatic carbocycles. The minimum atomic E-state index is -4.20. The first-order chi connectivity index (χ1) is 8.97. The fraction of sp³-hybridized carbons (Fsp3) is 1.00. The van der Waals surface area contributed by atoms with E-state index >= 15 is 0 Å². The molecule has 0 radical (unpaired) electrons. The molecule has 0 aromatic rings. The molecule has 1 N–H and O–H groups in total. The summed E-state index contributed by atoms with van der Waals surface area (Å²) < 4.78 is 39.9. The molecule has 19 heavy (non-hydrogen) atoms. The Labute approximate surface area is 114 Å². The van der Waals surface area contributed by atoms with Crippen LogP contribution in [0.5, 0.6) is 0 Å². The normalized spacial score (nSPS) is 24.6. The van der Waals surface area contributed by atoms with Crippen molar-refractivity contribution in [2.75, 3.05) is 26.3 Å². The van der Waals surface area contributed by atoms with E-state index in [1.54, 1.807) is 0 Å². The second-order valence-corrected chi connectivity index (χ2v) is 5.69. The SMILES string of the molecule is CC1CCC(CCNCCCOCC(F)(F)F)CC1. The molecule has 0 unspecified atom stereocenters. The van der Waals surface area contributed by atoms with E-state index in [4.69, 9.17) is 0 Å². The zero-order valence-electron chi connectivity index (χ0n) is 11.8. The third-order valence-corrected chi connectivity index (χ3v) is 3.77. The highest BCUT2D eigenvalue weighted by Gasteiger charge is 2.27. The molecule has 0 amide bonds. The quantitative estimate of drug-likeness (QED) is 0.684. The van der Waals surface area contributed by atoms with Gasteiger partial charge in [-0.1, -0.05) is 32.6 Å². The highest BCUT2D eigenvalue weighted by Crippen LogP contribution is 2.29. The number of nitrogens with one attached hydrogen (secondary N) is 1. The van der Waals surface area contributed by atoms with Crippen LogP contribution in [-0.2, 0) is 4.74 Å². The molecule has 0 heterocycles. The molecule has 2 nitrogen and oxygen atoms in total. The lowest BCUT2D eigenvalue weighted by Crippen LogP contribution is -2.23. The molecule has 114 valence electrons. The van der Waals surface area contributed by atoms with Crippen LogP contribution in [0.25, 0.3) is 0 Å². The average molecular weight is 281 g/mol. The van der Waals surface area contributed by atoms with Crippen molar-refractivity contribution in [1.82, 2.24) is 5.32 Å². The van der Waals surface area contributed by atoms with Gasteiger partial charge in [-0.3, -0.25) is 0 Å². The van der Waals surface area contributed by atoms with Crippen molar-refractivity contribution in [3.63, 3.8) is 0 Å². The van der Waals surface area contributed by atoms with E-state index in [1.165, 1.54) is 32.1 Å². The lowest BCUT2D eigenvalue weighted by molar-refractivity contribution is -0.173. The van der Waals surface area contributed by atoms with Gasteiger partial charge < -0.3 is 10.1 Å². The van der Waals surface area contributed by atoms with Crippen LogP contribution in [0, 0.1) is 11.8 Å². The minimum absolute atomic E-state index is 0.174. The van der Waals surface area contributed by atoms with Gasteiger partial charge in [0.05, 0.1) is 0 Å². The summed E-state index contributed by atoms with van der Waals surface area (Å²) in [6.45, 7) is 3.06. The number of rotatable bonds is 8. The monoisotopic (exact) mass is 281 g/mol. The Morgan fingerprint density at radius 3 is 2.42 bits per heavy atom. The van der Waals surface area contributed by atoms with E-state index in [1.807, 2.05) is 0 Å². The predicted octanol–water partition coefficient (Wildman–Crippen LogP) is 3.76. The summed E-state index contributed by atoms with van der Waals surface area (Å²) in [4.78, 5) is 0. The number of hydrogen-bond donors (Lipinski definition) is 1. The standard InChI is InChI=1S/C14H26F3NO/c1-12-3-5-13(6-4-12)7-9-18-8-2-10-19-11-14(15,16)17/h12-13,18H,2-11H2,1H3. The number of hydrogen-bond acceptors (Lipinski definition) is 2. The van der Waals surface area contributed by atoms with E-state index in [-0.39, 0.29) is 6.61 Å². The first kappa shape index (κ1) is 16.8.